The number of hydrogen-bond acceptors (Lipinski definition) is 6. The van der Waals surface area contributed by atoms with Crippen LogP contribution in [0.5, 0.6) is 0 Å². The SMILES string of the molecule is CCCCCN(Cc1nccc2c3ccccc3n(CC(=O)N3CCOCC3)c12)C(COC)c1ccccn1. The Balaban J connectivity index is 1.56. The molecule has 5 rings (SSSR count). The molecule has 1 amide bonds. The first kappa shape index (κ1) is 27.2. The molecule has 39 heavy (non-hydrogen) atoms. The summed E-state index contributed by atoms with van der Waals surface area (Å²) in [6.45, 7) is 7.03. The summed E-state index contributed by atoms with van der Waals surface area (Å²) in [5.74, 6) is 0.112. The lowest BCUT2D eigenvalue weighted by Crippen LogP contribution is -2.42. The first-order valence-corrected chi connectivity index (χ1v) is 14.1. The Morgan fingerprint density at radius 3 is 2.62 bits per heavy atom. The van der Waals surface area contributed by atoms with Crippen LogP contribution in [0.25, 0.3) is 21.8 Å². The highest BCUT2D eigenvalue weighted by Crippen LogP contribution is 2.32. The number of fused-ring (bicyclic) bond motifs is 3. The van der Waals surface area contributed by atoms with Gasteiger partial charge in [-0.2, -0.15) is 0 Å². The van der Waals surface area contributed by atoms with Gasteiger partial charge in [0.2, 0.25) is 5.91 Å². The Kier molecular flexibility index (Phi) is 9.19. The first-order chi connectivity index (χ1) is 19.2. The third-order valence-corrected chi connectivity index (χ3v) is 7.61. The molecule has 1 aliphatic heterocycles. The van der Waals surface area contributed by atoms with Crippen LogP contribution < -0.4 is 0 Å². The van der Waals surface area contributed by atoms with Crippen LogP contribution in [0.3, 0.4) is 0 Å². The lowest BCUT2D eigenvalue weighted by molar-refractivity contribution is -0.135. The van der Waals surface area contributed by atoms with E-state index in [2.05, 4.69) is 51.7 Å². The molecule has 0 aliphatic carbocycles. The summed E-state index contributed by atoms with van der Waals surface area (Å²) in [7, 11) is 1.74. The maximum absolute atomic E-state index is 13.4. The van der Waals surface area contributed by atoms with Gasteiger partial charge in [0.1, 0.15) is 6.54 Å². The predicted octanol–water partition coefficient (Wildman–Crippen LogP) is 4.82. The van der Waals surface area contributed by atoms with Crippen LogP contribution in [0.15, 0.2) is 60.9 Å². The zero-order valence-electron chi connectivity index (χ0n) is 23.1. The number of pyridine rings is 2. The van der Waals surface area contributed by atoms with Gasteiger partial charge < -0.3 is 18.9 Å². The topological polar surface area (TPSA) is 72.7 Å². The standard InChI is InChI=1S/C31H39N5O3/c1-3-4-9-16-35(29(23-38-2)26-11-7-8-14-32-26)21-27-31-25(13-15-33-27)24-10-5-6-12-28(24)36(31)22-30(37)34-17-19-39-20-18-34/h5-8,10-15,29H,3-4,9,16-23H2,1-2H3. The molecule has 206 valence electrons. The summed E-state index contributed by atoms with van der Waals surface area (Å²) < 4.78 is 13.3. The van der Waals surface area contributed by atoms with E-state index in [1.54, 1.807) is 7.11 Å². The summed E-state index contributed by atoms with van der Waals surface area (Å²) in [5.41, 5.74) is 4.04. The number of benzene rings is 1. The molecule has 0 bridgehead atoms. The molecule has 0 saturated carbocycles. The molecule has 1 atom stereocenters. The van der Waals surface area contributed by atoms with E-state index in [-0.39, 0.29) is 18.5 Å². The van der Waals surface area contributed by atoms with Crippen LogP contribution in [0.2, 0.25) is 0 Å². The number of aromatic nitrogens is 3. The fourth-order valence-corrected chi connectivity index (χ4v) is 5.61. The Hall–Kier alpha value is -3.33. The fourth-order valence-electron chi connectivity index (χ4n) is 5.61. The van der Waals surface area contributed by atoms with E-state index in [1.807, 2.05) is 35.5 Å². The van der Waals surface area contributed by atoms with E-state index in [4.69, 9.17) is 14.5 Å². The van der Waals surface area contributed by atoms with Crippen molar-refractivity contribution in [1.29, 1.82) is 0 Å². The Morgan fingerprint density at radius 1 is 1.03 bits per heavy atom. The Labute approximate surface area is 230 Å². The number of methoxy groups -OCH3 is 1. The van der Waals surface area contributed by atoms with Crippen LogP contribution in [0.4, 0.5) is 0 Å². The Morgan fingerprint density at radius 2 is 1.85 bits per heavy atom. The molecule has 4 aromatic rings. The number of para-hydroxylation sites is 1. The minimum Gasteiger partial charge on any atom is -0.383 e. The third kappa shape index (κ3) is 6.13. The lowest BCUT2D eigenvalue weighted by atomic mass is 10.1. The highest BCUT2D eigenvalue weighted by molar-refractivity contribution is 6.09. The molecule has 1 saturated heterocycles. The van der Waals surface area contributed by atoms with E-state index in [9.17, 15) is 4.79 Å². The normalized spacial score (nSPS) is 14.9. The molecule has 0 spiro atoms. The molecule has 1 aliphatic rings. The average molecular weight is 530 g/mol. The number of morpholine rings is 1. The van der Waals surface area contributed by atoms with Gasteiger partial charge in [-0.25, -0.2) is 0 Å². The average Bonchev–Trinajstić information content (AvgIpc) is 3.30. The fraction of sp³-hybridized carbons (Fsp3) is 0.452. The van der Waals surface area contributed by atoms with Crippen molar-refractivity contribution in [1.82, 2.24) is 24.3 Å². The molecule has 4 heterocycles. The summed E-state index contributed by atoms with van der Waals surface area (Å²) in [6, 6.07) is 16.5. The number of unbranched alkanes of at least 4 members (excludes halogenated alkanes) is 2. The van der Waals surface area contributed by atoms with Gasteiger partial charge in [-0.15, -0.1) is 0 Å². The van der Waals surface area contributed by atoms with Gasteiger partial charge in [0.15, 0.2) is 0 Å². The summed E-state index contributed by atoms with van der Waals surface area (Å²) in [6.07, 6.45) is 7.13. The van der Waals surface area contributed by atoms with Crippen molar-refractivity contribution in [3.05, 3.63) is 72.3 Å². The molecule has 1 unspecified atom stereocenters. The number of amides is 1. The van der Waals surface area contributed by atoms with Crippen molar-refractivity contribution in [2.24, 2.45) is 0 Å². The summed E-state index contributed by atoms with van der Waals surface area (Å²) in [4.78, 5) is 27.4. The zero-order valence-corrected chi connectivity index (χ0v) is 23.1. The van der Waals surface area contributed by atoms with E-state index in [1.165, 1.54) is 0 Å². The smallest absolute Gasteiger partial charge is 0.242 e. The highest BCUT2D eigenvalue weighted by Gasteiger charge is 2.26. The van der Waals surface area contributed by atoms with Crippen LogP contribution in [0, 0.1) is 0 Å². The molecule has 1 fully saturated rings. The molecule has 0 N–H and O–H groups in total. The maximum atomic E-state index is 13.4. The second-order valence-electron chi connectivity index (χ2n) is 10.2. The van der Waals surface area contributed by atoms with Gasteiger partial charge in [0.25, 0.3) is 0 Å². The van der Waals surface area contributed by atoms with Gasteiger partial charge in [-0.05, 0) is 37.2 Å². The second kappa shape index (κ2) is 13.2. The molecule has 1 aromatic carbocycles. The van der Waals surface area contributed by atoms with Crippen molar-refractivity contribution in [2.75, 3.05) is 46.6 Å². The van der Waals surface area contributed by atoms with Crippen molar-refractivity contribution in [3.8, 4) is 0 Å². The van der Waals surface area contributed by atoms with Crippen molar-refractivity contribution in [2.45, 2.75) is 45.3 Å². The number of hydrogen-bond donors (Lipinski definition) is 0. The first-order valence-electron chi connectivity index (χ1n) is 14.1. The zero-order chi connectivity index (χ0) is 27.0. The predicted molar refractivity (Wildman–Crippen MR) is 153 cm³/mol. The number of carbonyl (C=O) groups is 1. The van der Waals surface area contributed by atoms with Crippen molar-refractivity contribution >= 4 is 27.7 Å². The molecule has 3 aromatic heterocycles. The van der Waals surface area contributed by atoms with E-state index in [0.717, 1.165) is 59.0 Å². The van der Waals surface area contributed by atoms with Gasteiger partial charge in [-0.3, -0.25) is 19.7 Å². The lowest BCUT2D eigenvalue weighted by Gasteiger charge is -2.31. The number of ether oxygens (including phenoxy) is 2. The van der Waals surface area contributed by atoms with Crippen LogP contribution in [-0.4, -0.2) is 76.8 Å². The molecule has 8 heteroatoms. The van der Waals surface area contributed by atoms with Gasteiger partial charge in [0.05, 0.1) is 42.8 Å². The minimum absolute atomic E-state index is 0.00192. The number of rotatable bonds is 12. The van der Waals surface area contributed by atoms with Crippen molar-refractivity contribution in [3.63, 3.8) is 0 Å². The largest absolute Gasteiger partial charge is 0.383 e. The molecule has 8 nitrogen and oxygen atoms in total. The highest BCUT2D eigenvalue weighted by atomic mass is 16.5. The van der Waals surface area contributed by atoms with Crippen molar-refractivity contribution < 1.29 is 14.3 Å². The third-order valence-electron chi connectivity index (χ3n) is 7.61. The minimum atomic E-state index is -0.00192. The van der Waals surface area contributed by atoms with Crippen LogP contribution in [0.1, 0.15) is 43.6 Å². The number of nitrogens with zero attached hydrogens (tertiary/aromatic N) is 5. The molecular formula is C31H39N5O3. The Bertz CT molecular complexity index is 1370. The summed E-state index contributed by atoms with van der Waals surface area (Å²) >= 11 is 0. The van der Waals surface area contributed by atoms with Crippen LogP contribution >= 0.6 is 0 Å². The summed E-state index contributed by atoms with van der Waals surface area (Å²) in [5, 5.41) is 2.27. The van der Waals surface area contributed by atoms with Crippen LogP contribution in [-0.2, 0) is 27.4 Å². The quantitative estimate of drug-likeness (QED) is 0.245. The second-order valence-corrected chi connectivity index (χ2v) is 10.2. The van der Waals surface area contributed by atoms with E-state index < -0.39 is 0 Å². The van der Waals surface area contributed by atoms with E-state index in [0.29, 0.717) is 39.5 Å². The monoisotopic (exact) mass is 529 g/mol. The van der Waals surface area contributed by atoms with Gasteiger partial charge in [-0.1, -0.05) is 44.0 Å². The van der Waals surface area contributed by atoms with Gasteiger partial charge in [0, 0.05) is 55.4 Å². The number of carbonyl (C=O) groups excluding carboxylic acids is 1. The maximum Gasteiger partial charge on any atom is 0.242 e. The molecule has 0 radical (unpaired) electrons. The van der Waals surface area contributed by atoms with E-state index >= 15 is 0 Å². The van der Waals surface area contributed by atoms with Gasteiger partial charge >= 0.3 is 0 Å². The molecular weight excluding hydrogens is 490 g/mol.